The van der Waals surface area contributed by atoms with Crippen LogP contribution >= 0.6 is 0 Å². The normalized spacial score (nSPS) is 10.3. The highest BCUT2D eigenvalue weighted by atomic mass is 16.5. The number of furan rings is 1. The Morgan fingerprint density at radius 2 is 1.91 bits per heavy atom. The third-order valence-electron chi connectivity index (χ3n) is 3.08. The fraction of sp³-hybridized carbons (Fsp3) is 0.176. The van der Waals surface area contributed by atoms with Gasteiger partial charge >= 0.3 is 0 Å². The van der Waals surface area contributed by atoms with Crippen molar-refractivity contribution in [2.24, 2.45) is 0 Å². The molecule has 2 aromatic heterocycles. The van der Waals surface area contributed by atoms with Crippen LogP contribution in [0.4, 0.5) is 11.8 Å². The monoisotopic (exact) mass is 310 g/mol. The first-order valence-corrected chi connectivity index (χ1v) is 7.41. The van der Waals surface area contributed by atoms with Crippen LogP contribution in [0.2, 0.25) is 0 Å². The van der Waals surface area contributed by atoms with Crippen LogP contribution in [0.3, 0.4) is 0 Å². The molecule has 0 aliphatic heterocycles. The molecular formula is C17H18N4O2. The van der Waals surface area contributed by atoms with E-state index in [4.69, 9.17) is 9.15 Å². The number of hydrogen-bond donors (Lipinski definition) is 2. The first-order valence-electron chi connectivity index (χ1n) is 7.41. The molecule has 23 heavy (non-hydrogen) atoms. The van der Waals surface area contributed by atoms with Gasteiger partial charge in [0.05, 0.1) is 19.4 Å². The average molecular weight is 310 g/mol. The van der Waals surface area contributed by atoms with Crippen LogP contribution in [0, 0.1) is 0 Å². The van der Waals surface area contributed by atoms with Gasteiger partial charge in [0.1, 0.15) is 23.9 Å². The predicted octanol–water partition coefficient (Wildman–Crippen LogP) is 3.17. The van der Waals surface area contributed by atoms with Gasteiger partial charge in [0.15, 0.2) is 0 Å². The van der Waals surface area contributed by atoms with Gasteiger partial charge in [-0.3, -0.25) is 0 Å². The predicted molar refractivity (Wildman–Crippen MR) is 88.5 cm³/mol. The van der Waals surface area contributed by atoms with Crippen molar-refractivity contribution in [2.45, 2.75) is 6.54 Å². The van der Waals surface area contributed by atoms with E-state index in [0.29, 0.717) is 25.6 Å². The van der Waals surface area contributed by atoms with Crippen molar-refractivity contribution in [1.82, 2.24) is 9.97 Å². The summed E-state index contributed by atoms with van der Waals surface area (Å²) in [5.41, 5.74) is 0. The molecule has 3 rings (SSSR count). The molecule has 0 aliphatic rings. The lowest BCUT2D eigenvalue weighted by Crippen LogP contribution is -2.13. The molecule has 118 valence electrons. The summed E-state index contributed by atoms with van der Waals surface area (Å²) in [4.78, 5) is 8.57. The van der Waals surface area contributed by atoms with Crippen molar-refractivity contribution < 1.29 is 9.15 Å². The summed E-state index contributed by atoms with van der Waals surface area (Å²) >= 11 is 0. The molecule has 6 nitrogen and oxygen atoms in total. The van der Waals surface area contributed by atoms with Gasteiger partial charge < -0.3 is 19.8 Å². The zero-order valence-corrected chi connectivity index (χ0v) is 12.6. The number of ether oxygens (including phenoxy) is 1. The van der Waals surface area contributed by atoms with Crippen LogP contribution in [0.15, 0.2) is 65.4 Å². The summed E-state index contributed by atoms with van der Waals surface area (Å²) < 4.78 is 10.9. The zero-order valence-electron chi connectivity index (χ0n) is 12.6. The minimum atomic E-state index is 0.539. The van der Waals surface area contributed by atoms with E-state index >= 15 is 0 Å². The summed E-state index contributed by atoms with van der Waals surface area (Å²) in [6.07, 6.45) is 3.36. The molecule has 0 fully saturated rings. The number of aromatic nitrogens is 2. The van der Waals surface area contributed by atoms with Crippen LogP contribution < -0.4 is 15.4 Å². The maximum atomic E-state index is 5.61. The topological polar surface area (TPSA) is 72.2 Å². The molecule has 2 N–H and O–H groups in total. The highest BCUT2D eigenvalue weighted by Crippen LogP contribution is 2.09. The van der Waals surface area contributed by atoms with Gasteiger partial charge in [0, 0.05) is 6.20 Å². The molecule has 0 atom stereocenters. The van der Waals surface area contributed by atoms with E-state index in [9.17, 15) is 0 Å². The Labute approximate surface area is 134 Å². The molecule has 0 saturated heterocycles. The second kappa shape index (κ2) is 7.84. The Kier molecular flexibility index (Phi) is 5.08. The minimum absolute atomic E-state index is 0.539. The van der Waals surface area contributed by atoms with Crippen LogP contribution in [0.5, 0.6) is 5.75 Å². The lowest BCUT2D eigenvalue weighted by atomic mass is 10.3. The number of hydrogen-bond acceptors (Lipinski definition) is 6. The summed E-state index contributed by atoms with van der Waals surface area (Å²) in [6, 6.07) is 15.3. The average Bonchev–Trinajstić information content (AvgIpc) is 3.12. The van der Waals surface area contributed by atoms with Crippen LogP contribution in [-0.4, -0.2) is 23.1 Å². The Hall–Kier alpha value is -3.02. The van der Waals surface area contributed by atoms with E-state index in [1.165, 1.54) is 0 Å². The molecule has 3 aromatic rings. The van der Waals surface area contributed by atoms with Gasteiger partial charge in [-0.15, -0.1) is 0 Å². The Morgan fingerprint density at radius 1 is 1.00 bits per heavy atom. The highest BCUT2D eigenvalue weighted by molar-refractivity contribution is 5.39. The third-order valence-corrected chi connectivity index (χ3v) is 3.08. The zero-order chi connectivity index (χ0) is 15.7. The number of nitrogens with one attached hydrogen (secondary N) is 2. The van der Waals surface area contributed by atoms with E-state index < -0.39 is 0 Å². The van der Waals surface area contributed by atoms with E-state index in [1.807, 2.05) is 48.5 Å². The molecular weight excluding hydrogens is 292 g/mol. The second-order valence-corrected chi connectivity index (χ2v) is 4.79. The molecule has 2 heterocycles. The smallest absolute Gasteiger partial charge is 0.224 e. The SMILES string of the molecule is c1ccc(OCCNc2nccc(NCc3ccco3)n2)cc1. The van der Waals surface area contributed by atoms with Gasteiger partial charge in [-0.2, -0.15) is 4.98 Å². The Balaban J connectivity index is 1.44. The molecule has 0 aliphatic carbocycles. The number of para-hydroxylation sites is 1. The number of nitrogens with zero attached hydrogens (tertiary/aromatic N) is 2. The van der Waals surface area contributed by atoms with Gasteiger partial charge in [0.2, 0.25) is 5.95 Å². The van der Waals surface area contributed by atoms with Crippen LogP contribution in [0.1, 0.15) is 5.76 Å². The van der Waals surface area contributed by atoms with Crippen molar-refractivity contribution >= 4 is 11.8 Å². The molecule has 0 bridgehead atoms. The number of benzene rings is 1. The molecule has 0 spiro atoms. The van der Waals surface area contributed by atoms with Crippen LogP contribution in [-0.2, 0) is 6.54 Å². The van der Waals surface area contributed by atoms with Crippen molar-refractivity contribution in [2.75, 3.05) is 23.8 Å². The summed E-state index contributed by atoms with van der Waals surface area (Å²) in [6.45, 7) is 1.74. The van der Waals surface area contributed by atoms with Crippen molar-refractivity contribution in [3.05, 3.63) is 66.8 Å². The van der Waals surface area contributed by atoms with Gasteiger partial charge in [-0.1, -0.05) is 18.2 Å². The van der Waals surface area contributed by atoms with Crippen molar-refractivity contribution in [3.63, 3.8) is 0 Å². The molecule has 0 saturated carbocycles. The molecule has 1 aromatic carbocycles. The second-order valence-electron chi connectivity index (χ2n) is 4.79. The van der Waals surface area contributed by atoms with Crippen molar-refractivity contribution in [1.29, 1.82) is 0 Å². The molecule has 0 amide bonds. The fourth-order valence-electron chi connectivity index (χ4n) is 1.98. The number of anilines is 2. The van der Waals surface area contributed by atoms with E-state index in [2.05, 4.69) is 20.6 Å². The third kappa shape index (κ3) is 4.74. The summed E-state index contributed by atoms with van der Waals surface area (Å²) in [5.74, 6) is 3.01. The number of rotatable bonds is 8. The summed E-state index contributed by atoms with van der Waals surface area (Å²) in [5, 5.41) is 6.33. The Morgan fingerprint density at radius 3 is 2.74 bits per heavy atom. The lowest BCUT2D eigenvalue weighted by molar-refractivity contribution is 0.332. The maximum Gasteiger partial charge on any atom is 0.224 e. The van der Waals surface area contributed by atoms with E-state index in [1.54, 1.807) is 12.5 Å². The fourth-order valence-corrected chi connectivity index (χ4v) is 1.98. The van der Waals surface area contributed by atoms with Gasteiger partial charge in [-0.25, -0.2) is 4.98 Å². The lowest BCUT2D eigenvalue weighted by Gasteiger charge is -2.09. The van der Waals surface area contributed by atoms with E-state index in [-0.39, 0.29) is 0 Å². The maximum absolute atomic E-state index is 5.61. The Bertz CT molecular complexity index is 702. The molecule has 6 heteroatoms. The quantitative estimate of drug-likeness (QED) is 0.623. The van der Waals surface area contributed by atoms with Crippen LogP contribution in [0.25, 0.3) is 0 Å². The first-order chi connectivity index (χ1) is 11.4. The minimum Gasteiger partial charge on any atom is -0.492 e. The standard InChI is InChI=1S/C17H18N4O2/c1-2-5-14(6-3-1)23-12-10-19-17-18-9-8-16(21-17)20-13-15-7-4-11-22-15/h1-9,11H,10,12-13H2,(H2,18,19,20,21). The van der Waals surface area contributed by atoms with E-state index in [0.717, 1.165) is 17.3 Å². The molecule has 0 unspecified atom stereocenters. The highest BCUT2D eigenvalue weighted by Gasteiger charge is 2.00. The largest absolute Gasteiger partial charge is 0.492 e. The van der Waals surface area contributed by atoms with Gasteiger partial charge in [-0.05, 0) is 30.3 Å². The van der Waals surface area contributed by atoms with Gasteiger partial charge in [0.25, 0.3) is 0 Å². The first kappa shape index (κ1) is 14.9. The molecule has 0 radical (unpaired) electrons. The van der Waals surface area contributed by atoms with Crippen molar-refractivity contribution in [3.8, 4) is 5.75 Å². The summed E-state index contributed by atoms with van der Waals surface area (Å²) in [7, 11) is 0.